The molecule has 0 amide bonds. The summed E-state index contributed by atoms with van der Waals surface area (Å²) in [6.07, 6.45) is 3.43. The van der Waals surface area contributed by atoms with E-state index in [0.29, 0.717) is 6.04 Å². The number of aryl methyl sites for hydroxylation is 1. The number of benzene rings is 1. The van der Waals surface area contributed by atoms with Gasteiger partial charge in [0.05, 0.1) is 11.1 Å². The third-order valence-electron chi connectivity index (χ3n) is 3.20. The Balaban J connectivity index is 0.000000754. The van der Waals surface area contributed by atoms with Gasteiger partial charge in [-0.05, 0) is 73.3 Å². The van der Waals surface area contributed by atoms with Gasteiger partial charge in [0.1, 0.15) is 5.75 Å². The predicted octanol–water partition coefficient (Wildman–Crippen LogP) is 3.46. The molecule has 0 aliphatic heterocycles. The summed E-state index contributed by atoms with van der Waals surface area (Å²) in [6.45, 7) is 8.36. The van der Waals surface area contributed by atoms with E-state index < -0.39 is 11.9 Å². The van der Waals surface area contributed by atoms with Gasteiger partial charge >= 0.3 is 11.9 Å². The molecule has 3 N–H and O–H groups in total. The molecule has 1 atom stereocenters. The van der Waals surface area contributed by atoms with Crippen molar-refractivity contribution in [3.05, 3.63) is 28.2 Å². The Morgan fingerprint density at radius 1 is 1.25 bits per heavy atom. The predicted molar refractivity (Wildman–Crippen MR) is 96.6 cm³/mol. The monoisotopic (exact) mass is 403 g/mol. The Kier molecular flexibility index (Phi) is 11.9. The third kappa shape index (κ3) is 11.0. The maximum absolute atomic E-state index is 9.10. The molecule has 1 rings (SSSR count). The molecule has 0 radical (unpaired) electrons. The van der Waals surface area contributed by atoms with Gasteiger partial charge < -0.3 is 20.3 Å². The molecule has 7 heteroatoms. The van der Waals surface area contributed by atoms with Gasteiger partial charge in [-0.25, -0.2) is 9.59 Å². The fourth-order valence-corrected chi connectivity index (χ4v) is 2.23. The summed E-state index contributed by atoms with van der Waals surface area (Å²) < 4.78 is 6.79. The molecule has 1 unspecified atom stereocenters. The summed E-state index contributed by atoms with van der Waals surface area (Å²) in [5, 5.41) is 18.3. The number of carboxylic acid groups (broad SMARTS) is 2. The van der Waals surface area contributed by atoms with Crippen LogP contribution < -0.4 is 10.1 Å². The molecule has 0 spiro atoms. The van der Waals surface area contributed by atoms with Crippen LogP contribution in [0.4, 0.5) is 0 Å². The van der Waals surface area contributed by atoms with Crippen LogP contribution in [0, 0.1) is 6.92 Å². The lowest BCUT2D eigenvalue weighted by atomic mass is 10.2. The van der Waals surface area contributed by atoms with Crippen LogP contribution in [0.2, 0.25) is 0 Å². The lowest BCUT2D eigenvalue weighted by molar-refractivity contribution is -0.159. The minimum Gasteiger partial charge on any atom is -0.492 e. The quantitative estimate of drug-likeness (QED) is 0.454. The van der Waals surface area contributed by atoms with Crippen LogP contribution in [-0.4, -0.2) is 41.3 Å². The van der Waals surface area contributed by atoms with Gasteiger partial charge in [-0.2, -0.15) is 0 Å². The van der Waals surface area contributed by atoms with E-state index in [-0.39, 0.29) is 0 Å². The average Bonchev–Trinajstić information content (AvgIpc) is 2.52. The number of unbranched alkanes of at least 4 members (excludes halogenated alkanes) is 1. The standard InChI is InChI=1S/C15H24BrNO.C2H2O4/c1-4-13(3)17-9-5-6-10-18-15-8-7-12(2)11-14(15)16;3-1(4)2(5)6/h7-8,11,13,17H,4-6,9-10H2,1-3H3;(H,3,4)(H,5,6). The molecule has 0 aromatic heterocycles. The number of aliphatic carboxylic acids is 2. The van der Waals surface area contributed by atoms with Crippen LogP contribution in [0.25, 0.3) is 0 Å². The Hall–Kier alpha value is -1.60. The van der Waals surface area contributed by atoms with E-state index in [1.54, 1.807) is 0 Å². The van der Waals surface area contributed by atoms with Crippen molar-refractivity contribution in [1.82, 2.24) is 5.32 Å². The van der Waals surface area contributed by atoms with Crippen LogP contribution in [0.1, 0.15) is 38.7 Å². The number of nitrogens with one attached hydrogen (secondary N) is 1. The van der Waals surface area contributed by atoms with Gasteiger partial charge in [0, 0.05) is 6.04 Å². The van der Waals surface area contributed by atoms with Gasteiger partial charge in [-0.15, -0.1) is 0 Å². The lowest BCUT2D eigenvalue weighted by Gasteiger charge is -2.11. The highest BCUT2D eigenvalue weighted by Crippen LogP contribution is 2.25. The van der Waals surface area contributed by atoms with Crippen LogP contribution in [-0.2, 0) is 9.59 Å². The normalized spacial score (nSPS) is 11.2. The zero-order valence-electron chi connectivity index (χ0n) is 14.3. The molecule has 136 valence electrons. The Bertz CT molecular complexity index is 510. The second kappa shape index (κ2) is 12.8. The lowest BCUT2D eigenvalue weighted by Crippen LogP contribution is -2.26. The summed E-state index contributed by atoms with van der Waals surface area (Å²) in [4.78, 5) is 18.2. The number of carboxylic acids is 2. The second-order valence-corrected chi connectivity index (χ2v) is 6.22. The van der Waals surface area contributed by atoms with Gasteiger partial charge in [-0.3, -0.25) is 0 Å². The Morgan fingerprint density at radius 2 is 1.88 bits per heavy atom. The van der Waals surface area contributed by atoms with Crippen LogP contribution in [0.3, 0.4) is 0 Å². The van der Waals surface area contributed by atoms with Crippen molar-refractivity contribution < 1.29 is 24.5 Å². The number of ether oxygens (including phenoxy) is 1. The van der Waals surface area contributed by atoms with E-state index in [9.17, 15) is 0 Å². The van der Waals surface area contributed by atoms with Crippen molar-refractivity contribution >= 4 is 27.9 Å². The van der Waals surface area contributed by atoms with E-state index in [1.165, 1.54) is 12.0 Å². The molecule has 0 heterocycles. The number of rotatable bonds is 8. The fourth-order valence-electron chi connectivity index (χ4n) is 1.62. The molecule has 0 saturated carbocycles. The molecule has 1 aromatic carbocycles. The highest BCUT2D eigenvalue weighted by Gasteiger charge is 2.04. The largest absolute Gasteiger partial charge is 0.492 e. The topological polar surface area (TPSA) is 95.9 Å². The minimum absolute atomic E-state index is 0.622. The SMILES string of the molecule is CCC(C)NCCCCOc1ccc(C)cc1Br.O=C(O)C(=O)O. The van der Waals surface area contributed by atoms with Crippen molar-refractivity contribution in [1.29, 1.82) is 0 Å². The summed E-state index contributed by atoms with van der Waals surface area (Å²) in [7, 11) is 0. The van der Waals surface area contributed by atoms with Gasteiger partial charge in [-0.1, -0.05) is 13.0 Å². The summed E-state index contributed by atoms with van der Waals surface area (Å²) >= 11 is 3.52. The first kappa shape index (κ1) is 22.4. The molecule has 0 bridgehead atoms. The third-order valence-corrected chi connectivity index (χ3v) is 3.82. The molecular weight excluding hydrogens is 378 g/mol. The van der Waals surface area contributed by atoms with Gasteiger partial charge in [0.15, 0.2) is 0 Å². The maximum Gasteiger partial charge on any atom is 0.414 e. The number of carbonyl (C=O) groups is 2. The van der Waals surface area contributed by atoms with Crippen LogP contribution in [0.15, 0.2) is 22.7 Å². The summed E-state index contributed by atoms with van der Waals surface area (Å²) in [5.74, 6) is -2.71. The molecule has 0 aliphatic rings. The molecule has 0 aliphatic carbocycles. The maximum atomic E-state index is 9.10. The van der Waals surface area contributed by atoms with Gasteiger partial charge in [0.25, 0.3) is 0 Å². The first-order chi connectivity index (χ1) is 11.3. The fraction of sp³-hybridized carbons (Fsp3) is 0.529. The molecule has 24 heavy (non-hydrogen) atoms. The molecule has 0 saturated heterocycles. The second-order valence-electron chi connectivity index (χ2n) is 5.36. The zero-order chi connectivity index (χ0) is 18.5. The molecule has 1 aromatic rings. The van der Waals surface area contributed by atoms with Crippen molar-refractivity contribution in [3.63, 3.8) is 0 Å². The minimum atomic E-state index is -1.82. The summed E-state index contributed by atoms with van der Waals surface area (Å²) in [5.41, 5.74) is 1.24. The molecule has 0 fully saturated rings. The number of halogens is 1. The first-order valence-corrected chi connectivity index (χ1v) is 8.65. The van der Waals surface area contributed by atoms with E-state index in [1.807, 2.05) is 6.07 Å². The highest BCUT2D eigenvalue weighted by atomic mass is 79.9. The highest BCUT2D eigenvalue weighted by molar-refractivity contribution is 9.10. The van der Waals surface area contributed by atoms with E-state index >= 15 is 0 Å². The van der Waals surface area contributed by atoms with Crippen LogP contribution in [0.5, 0.6) is 5.75 Å². The van der Waals surface area contributed by atoms with Crippen molar-refractivity contribution in [2.24, 2.45) is 0 Å². The van der Waals surface area contributed by atoms with Crippen molar-refractivity contribution in [2.75, 3.05) is 13.2 Å². The van der Waals surface area contributed by atoms with Crippen LogP contribution >= 0.6 is 15.9 Å². The van der Waals surface area contributed by atoms with Gasteiger partial charge in [0.2, 0.25) is 0 Å². The Morgan fingerprint density at radius 3 is 2.38 bits per heavy atom. The number of hydrogen-bond donors (Lipinski definition) is 3. The summed E-state index contributed by atoms with van der Waals surface area (Å²) in [6, 6.07) is 6.80. The number of hydrogen-bond acceptors (Lipinski definition) is 4. The van der Waals surface area contributed by atoms with Crippen molar-refractivity contribution in [2.45, 2.75) is 46.1 Å². The molecular formula is C17H26BrNO5. The smallest absolute Gasteiger partial charge is 0.414 e. The Labute approximate surface area is 151 Å². The van der Waals surface area contributed by atoms with E-state index in [2.05, 4.69) is 54.2 Å². The first-order valence-electron chi connectivity index (χ1n) is 7.86. The molecule has 6 nitrogen and oxygen atoms in total. The zero-order valence-corrected chi connectivity index (χ0v) is 15.9. The average molecular weight is 404 g/mol. The van der Waals surface area contributed by atoms with Crippen molar-refractivity contribution in [3.8, 4) is 5.75 Å². The van der Waals surface area contributed by atoms with E-state index in [0.717, 1.165) is 36.2 Å². The van der Waals surface area contributed by atoms with E-state index in [4.69, 9.17) is 24.5 Å².